The van der Waals surface area contributed by atoms with Gasteiger partial charge in [-0.3, -0.25) is 9.59 Å². The van der Waals surface area contributed by atoms with Crippen molar-refractivity contribution in [1.82, 2.24) is 20.9 Å². The highest BCUT2D eigenvalue weighted by atomic mass is 16.5. The van der Waals surface area contributed by atoms with Crippen molar-refractivity contribution in [2.24, 2.45) is 5.92 Å². The molecule has 0 saturated carbocycles. The molecule has 252 valence electrons. The molecule has 47 heavy (non-hydrogen) atoms. The van der Waals surface area contributed by atoms with Crippen LogP contribution in [0.1, 0.15) is 48.9 Å². The minimum absolute atomic E-state index is 0.125. The molecule has 3 aromatic rings. The van der Waals surface area contributed by atoms with Crippen molar-refractivity contribution in [3.8, 4) is 5.75 Å². The lowest BCUT2D eigenvalue weighted by Crippen LogP contribution is -2.59. The van der Waals surface area contributed by atoms with Gasteiger partial charge in [0.1, 0.15) is 11.8 Å². The van der Waals surface area contributed by atoms with Gasteiger partial charge in [0.15, 0.2) is 6.61 Å². The van der Waals surface area contributed by atoms with Gasteiger partial charge in [0.2, 0.25) is 5.91 Å². The van der Waals surface area contributed by atoms with Crippen molar-refractivity contribution in [2.45, 2.75) is 77.6 Å². The van der Waals surface area contributed by atoms with Gasteiger partial charge < -0.3 is 36.4 Å². The third-order valence-electron chi connectivity index (χ3n) is 8.49. The van der Waals surface area contributed by atoms with Gasteiger partial charge in [0.05, 0.1) is 12.1 Å². The van der Waals surface area contributed by atoms with Crippen molar-refractivity contribution in [1.29, 1.82) is 0 Å². The highest BCUT2D eigenvalue weighted by Crippen LogP contribution is 2.26. The Kier molecular flexibility index (Phi) is 12.6. The molecule has 0 spiro atoms. The molecule has 0 aliphatic carbocycles. The van der Waals surface area contributed by atoms with Crippen LogP contribution in [0.5, 0.6) is 5.75 Å². The second-order valence-electron chi connectivity index (χ2n) is 12.8. The Hall–Kier alpha value is -4.57. The Bertz CT molecular complexity index is 1460. The first kappa shape index (κ1) is 35.3. The summed E-state index contributed by atoms with van der Waals surface area (Å²) in [5, 5.41) is 20.7. The van der Waals surface area contributed by atoms with Crippen molar-refractivity contribution >= 4 is 23.5 Å². The lowest BCUT2D eigenvalue weighted by atomic mass is 9.92. The number of benzene rings is 3. The molecule has 0 unspecified atom stereocenters. The van der Waals surface area contributed by atoms with Crippen LogP contribution in [0.15, 0.2) is 72.8 Å². The van der Waals surface area contributed by atoms with Crippen LogP contribution >= 0.6 is 0 Å². The van der Waals surface area contributed by atoms with E-state index in [0.29, 0.717) is 37.4 Å². The first-order valence-electron chi connectivity index (χ1n) is 16.4. The zero-order valence-corrected chi connectivity index (χ0v) is 27.9. The van der Waals surface area contributed by atoms with E-state index in [1.54, 1.807) is 17.0 Å². The average Bonchev–Trinajstić information content (AvgIpc) is 3.02. The van der Waals surface area contributed by atoms with Gasteiger partial charge in [-0.25, -0.2) is 4.79 Å². The van der Waals surface area contributed by atoms with Crippen LogP contribution in [0.4, 0.5) is 10.5 Å². The second-order valence-corrected chi connectivity index (χ2v) is 12.8. The van der Waals surface area contributed by atoms with Crippen LogP contribution in [0.25, 0.3) is 0 Å². The van der Waals surface area contributed by atoms with Crippen LogP contribution in [-0.4, -0.2) is 71.8 Å². The van der Waals surface area contributed by atoms with Gasteiger partial charge in [-0.15, -0.1) is 0 Å². The molecule has 1 aliphatic rings. The fraction of sp³-hybridized carbons (Fsp3) is 0.432. The highest BCUT2D eigenvalue weighted by Gasteiger charge is 2.35. The first-order valence-corrected chi connectivity index (χ1v) is 16.4. The molecule has 1 aliphatic heterocycles. The van der Waals surface area contributed by atoms with Gasteiger partial charge in [-0.2, -0.15) is 0 Å². The molecule has 6 N–H and O–H groups in total. The fourth-order valence-corrected chi connectivity index (χ4v) is 6.30. The normalized spacial score (nSPS) is 15.7. The molecule has 1 fully saturated rings. The van der Waals surface area contributed by atoms with Crippen LogP contribution < -0.4 is 26.4 Å². The Labute approximate surface area is 278 Å². The molecule has 3 aromatic carbocycles. The predicted molar refractivity (Wildman–Crippen MR) is 184 cm³/mol. The summed E-state index contributed by atoms with van der Waals surface area (Å²) in [7, 11) is 0. The zero-order chi connectivity index (χ0) is 33.9. The number of carbonyl (C=O) groups excluding carboxylic acids is 3. The van der Waals surface area contributed by atoms with E-state index in [9.17, 15) is 19.5 Å². The summed E-state index contributed by atoms with van der Waals surface area (Å²) >= 11 is 0. The number of ether oxygens (including phenoxy) is 1. The summed E-state index contributed by atoms with van der Waals surface area (Å²) in [5.41, 5.74) is 10.2. The second kappa shape index (κ2) is 16.8. The smallest absolute Gasteiger partial charge is 0.318 e. The number of urea groups is 1. The molecule has 1 saturated heterocycles. The summed E-state index contributed by atoms with van der Waals surface area (Å²) in [6.45, 7) is 8.45. The Balaban J connectivity index is 1.52. The number of nitrogen functional groups attached to an aromatic ring is 1. The average molecular weight is 644 g/mol. The number of aliphatic hydroxyl groups is 1. The Morgan fingerprint density at radius 2 is 1.55 bits per heavy atom. The largest absolute Gasteiger partial charge is 0.483 e. The van der Waals surface area contributed by atoms with E-state index in [2.05, 4.69) is 16.0 Å². The number of hydrogen-bond acceptors (Lipinski definition) is 6. The van der Waals surface area contributed by atoms with Crippen molar-refractivity contribution in [3.63, 3.8) is 0 Å². The lowest BCUT2D eigenvalue weighted by molar-refractivity contribution is -0.128. The molecule has 0 radical (unpaired) electrons. The first-order chi connectivity index (χ1) is 22.5. The maximum absolute atomic E-state index is 13.8. The third-order valence-corrected chi connectivity index (χ3v) is 8.49. The van der Waals surface area contributed by atoms with E-state index in [1.807, 2.05) is 88.4 Å². The quantitative estimate of drug-likeness (QED) is 0.159. The minimum Gasteiger partial charge on any atom is -0.483 e. The fourth-order valence-electron chi connectivity index (χ4n) is 6.30. The van der Waals surface area contributed by atoms with E-state index in [0.717, 1.165) is 28.7 Å². The molecular formula is C37H49N5O5. The van der Waals surface area contributed by atoms with Gasteiger partial charge in [-0.05, 0) is 79.8 Å². The van der Waals surface area contributed by atoms with Crippen molar-refractivity contribution in [3.05, 3.63) is 95.1 Å². The van der Waals surface area contributed by atoms with E-state index in [1.165, 1.54) is 0 Å². The predicted octanol–water partition coefficient (Wildman–Crippen LogP) is 3.91. The van der Waals surface area contributed by atoms with E-state index >= 15 is 0 Å². The Morgan fingerprint density at radius 3 is 2.13 bits per heavy atom. The summed E-state index contributed by atoms with van der Waals surface area (Å²) in [5.74, 6) is -0.168. The summed E-state index contributed by atoms with van der Waals surface area (Å²) in [6, 6.07) is 20.9. The molecule has 10 heteroatoms. The van der Waals surface area contributed by atoms with E-state index in [4.69, 9.17) is 10.5 Å². The van der Waals surface area contributed by atoms with Gasteiger partial charge >= 0.3 is 6.03 Å². The number of nitrogens with one attached hydrogen (secondary N) is 3. The number of hydrogen-bond donors (Lipinski definition) is 5. The molecule has 4 atom stereocenters. The number of nitrogens with two attached hydrogens (primary N) is 1. The number of aryl methyl sites for hydroxylation is 2. The van der Waals surface area contributed by atoms with Crippen LogP contribution in [0.3, 0.4) is 0 Å². The maximum Gasteiger partial charge on any atom is 0.318 e. The Morgan fingerprint density at radius 1 is 0.957 bits per heavy atom. The van der Waals surface area contributed by atoms with Gasteiger partial charge in [-0.1, -0.05) is 74.5 Å². The molecule has 4 rings (SSSR count). The zero-order valence-electron chi connectivity index (χ0n) is 27.9. The van der Waals surface area contributed by atoms with E-state index < -0.39 is 24.2 Å². The number of rotatable bonds is 15. The maximum atomic E-state index is 13.8. The number of anilines is 1. The molecular weight excluding hydrogens is 594 g/mol. The molecule has 0 bridgehead atoms. The lowest BCUT2D eigenvalue weighted by Gasteiger charge is -2.37. The molecule has 1 heterocycles. The van der Waals surface area contributed by atoms with Crippen molar-refractivity contribution in [2.75, 3.05) is 25.4 Å². The molecule has 0 aromatic heterocycles. The molecule has 10 nitrogen and oxygen atoms in total. The third kappa shape index (κ3) is 10.2. The monoisotopic (exact) mass is 643 g/mol. The highest BCUT2D eigenvalue weighted by molar-refractivity contribution is 5.87. The standard InChI is InChI=1S/C37H49N5O5/c1-24(2)34(42-17-11-16-39-37(42)46)36(45)40-30(20-27-12-7-5-8-13-27)22-32(43)31(21-28-14-9-6-10-15-28)41-33(44)23-47-35-25(3)18-29(38)19-26(35)4/h5-10,12-15,18-19,24,30-32,34,43H,11,16-17,20-23,38H2,1-4H3,(H,39,46)(H,40,45)(H,41,44)/t30-,31-,32-,34-/m0/s1. The van der Waals surface area contributed by atoms with Crippen LogP contribution in [-0.2, 0) is 22.4 Å². The molecule has 4 amide bonds. The van der Waals surface area contributed by atoms with Gasteiger partial charge in [0.25, 0.3) is 5.91 Å². The number of nitrogens with zero attached hydrogens (tertiary/aromatic N) is 1. The van der Waals surface area contributed by atoms with E-state index in [-0.39, 0.29) is 36.8 Å². The van der Waals surface area contributed by atoms with Crippen LogP contribution in [0, 0.1) is 19.8 Å². The number of aliphatic hydroxyl groups excluding tert-OH is 1. The SMILES string of the molecule is Cc1cc(N)cc(C)c1OCC(=O)N[C@@H](Cc1ccccc1)[C@@H](O)C[C@H](Cc1ccccc1)NC(=O)[C@H](C(C)C)N1CCCNC1=O. The number of amides is 4. The summed E-state index contributed by atoms with van der Waals surface area (Å²) in [6.07, 6.45) is 0.764. The van der Waals surface area contributed by atoms with Crippen molar-refractivity contribution < 1.29 is 24.2 Å². The topological polar surface area (TPSA) is 146 Å². The van der Waals surface area contributed by atoms with Crippen LogP contribution in [0.2, 0.25) is 0 Å². The summed E-state index contributed by atoms with van der Waals surface area (Å²) < 4.78 is 5.90. The summed E-state index contributed by atoms with van der Waals surface area (Å²) in [4.78, 5) is 41.4. The minimum atomic E-state index is -1.01. The van der Waals surface area contributed by atoms with Gasteiger partial charge in [0, 0.05) is 24.8 Å². The number of carbonyl (C=O) groups is 3.